The lowest BCUT2D eigenvalue weighted by Gasteiger charge is -2.29. The van der Waals surface area contributed by atoms with Crippen LogP contribution >= 0.6 is 0 Å². The number of esters is 1. The molecular formula is C24H21N5O3. The van der Waals surface area contributed by atoms with Crippen molar-refractivity contribution in [3.63, 3.8) is 0 Å². The van der Waals surface area contributed by atoms with E-state index in [-0.39, 0.29) is 6.61 Å². The molecule has 32 heavy (non-hydrogen) atoms. The zero-order chi connectivity index (χ0) is 22.1. The fourth-order valence-corrected chi connectivity index (χ4v) is 4.08. The number of methoxy groups -OCH3 is 1. The first-order valence-corrected chi connectivity index (χ1v) is 10.2. The Morgan fingerprint density at radius 1 is 1.06 bits per heavy atom. The molecule has 8 nitrogen and oxygen atoms in total. The molecule has 2 heterocycles. The highest BCUT2D eigenvalue weighted by atomic mass is 16.5. The van der Waals surface area contributed by atoms with Gasteiger partial charge in [0.1, 0.15) is 18.4 Å². The summed E-state index contributed by atoms with van der Waals surface area (Å²) in [6.45, 7) is 1.99. The molecule has 4 aromatic rings. The van der Waals surface area contributed by atoms with Gasteiger partial charge in [0.2, 0.25) is 5.95 Å². The SMILES string of the molecule is COc1ccc2ccccc2c1C1C(C(=O)OCc2ccccc2)=C(C)Nc2nnnn21. The van der Waals surface area contributed by atoms with Gasteiger partial charge in [-0.2, -0.15) is 4.68 Å². The van der Waals surface area contributed by atoms with Crippen molar-refractivity contribution in [2.75, 3.05) is 12.4 Å². The van der Waals surface area contributed by atoms with Crippen LogP contribution < -0.4 is 10.1 Å². The number of allylic oxidation sites excluding steroid dienone is 1. The van der Waals surface area contributed by atoms with E-state index in [9.17, 15) is 4.79 Å². The molecule has 8 heteroatoms. The lowest BCUT2D eigenvalue weighted by atomic mass is 9.90. The van der Waals surface area contributed by atoms with Gasteiger partial charge in [0.05, 0.1) is 12.7 Å². The first kappa shape index (κ1) is 19.7. The summed E-state index contributed by atoms with van der Waals surface area (Å²) >= 11 is 0. The highest BCUT2D eigenvalue weighted by Gasteiger charge is 2.37. The second-order valence-electron chi connectivity index (χ2n) is 7.48. The Morgan fingerprint density at radius 2 is 1.84 bits per heavy atom. The molecule has 5 rings (SSSR count). The molecule has 0 saturated carbocycles. The number of rotatable bonds is 5. The van der Waals surface area contributed by atoms with Crippen molar-refractivity contribution in [2.45, 2.75) is 19.6 Å². The van der Waals surface area contributed by atoms with Crippen LogP contribution in [0.25, 0.3) is 10.8 Å². The Hall–Kier alpha value is -4.20. The number of aromatic nitrogens is 4. The molecule has 0 fully saturated rings. The first-order chi connectivity index (χ1) is 15.7. The summed E-state index contributed by atoms with van der Waals surface area (Å²) in [6.07, 6.45) is 0. The minimum absolute atomic E-state index is 0.165. The quantitative estimate of drug-likeness (QED) is 0.484. The summed E-state index contributed by atoms with van der Waals surface area (Å²) in [5.74, 6) is 0.639. The molecule has 3 aromatic carbocycles. The number of nitrogens with zero attached hydrogens (tertiary/aromatic N) is 4. The molecule has 0 radical (unpaired) electrons. The molecule has 0 spiro atoms. The van der Waals surface area contributed by atoms with E-state index in [4.69, 9.17) is 9.47 Å². The van der Waals surface area contributed by atoms with Gasteiger partial charge in [0, 0.05) is 11.3 Å². The number of ether oxygens (including phenoxy) is 2. The Labute approximate surface area is 184 Å². The van der Waals surface area contributed by atoms with Gasteiger partial charge in [-0.15, -0.1) is 0 Å². The summed E-state index contributed by atoms with van der Waals surface area (Å²) in [7, 11) is 1.61. The lowest BCUT2D eigenvalue weighted by Crippen LogP contribution is -2.30. The summed E-state index contributed by atoms with van der Waals surface area (Å²) in [4.78, 5) is 13.4. The third-order valence-corrected chi connectivity index (χ3v) is 5.57. The Balaban J connectivity index is 1.64. The van der Waals surface area contributed by atoms with Gasteiger partial charge in [-0.05, 0) is 39.8 Å². The molecule has 1 atom stereocenters. The fraction of sp³-hybridized carbons (Fsp3) is 0.167. The van der Waals surface area contributed by atoms with Crippen LogP contribution in [0.1, 0.15) is 24.1 Å². The topological polar surface area (TPSA) is 91.2 Å². The predicted octanol–water partition coefficient (Wildman–Crippen LogP) is 3.87. The van der Waals surface area contributed by atoms with Crippen molar-refractivity contribution >= 4 is 22.7 Å². The van der Waals surface area contributed by atoms with E-state index < -0.39 is 12.0 Å². The number of carbonyl (C=O) groups is 1. The van der Waals surface area contributed by atoms with Crippen LogP contribution in [0, 0.1) is 0 Å². The minimum Gasteiger partial charge on any atom is -0.496 e. The zero-order valence-electron chi connectivity index (χ0n) is 17.6. The molecular weight excluding hydrogens is 406 g/mol. The average molecular weight is 427 g/mol. The molecule has 1 aliphatic rings. The highest BCUT2D eigenvalue weighted by Crippen LogP contribution is 2.42. The maximum absolute atomic E-state index is 13.4. The standard InChI is InChI=1S/C24H21N5O3/c1-15-20(23(30)32-14-16-8-4-3-5-9-16)22(29-24(25-15)26-27-28-29)21-18-11-7-6-10-17(18)12-13-19(21)31-2/h3-13,22H,14H2,1-2H3,(H,25,26,28). The monoisotopic (exact) mass is 427 g/mol. The van der Waals surface area contributed by atoms with E-state index in [2.05, 4.69) is 20.8 Å². The minimum atomic E-state index is -0.620. The smallest absolute Gasteiger partial charge is 0.338 e. The van der Waals surface area contributed by atoms with E-state index in [0.29, 0.717) is 23.0 Å². The highest BCUT2D eigenvalue weighted by molar-refractivity contribution is 5.96. The van der Waals surface area contributed by atoms with Crippen LogP contribution in [0.15, 0.2) is 78.0 Å². The maximum atomic E-state index is 13.4. The largest absolute Gasteiger partial charge is 0.496 e. The van der Waals surface area contributed by atoms with E-state index in [0.717, 1.165) is 21.9 Å². The van der Waals surface area contributed by atoms with Gasteiger partial charge in [0.25, 0.3) is 0 Å². The molecule has 0 amide bonds. The second kappa shape index (κ2) is 8.14. The fourth-order valence-electron chi connectivity index (χ4n) is 4.08. The van der Waals surface area contributed by atoms with Gasteiger partial charge in [0.15, 0.2) is 0 Å². The molecule has 0 saturated heterocycles. The summed E-state index contributed by atoms with van der Waals surface area (Å²) < 4.78 is 13.0. The van der Waals surface area contributed by atoms with E-state index in [1.807, 2.05) is 73.7 Å². The third kappa shape index (κ3) is 3.35. The normalized spacial score (nSPS) is 15.2. The van der Waals surface area contributed by atoms with Crippen LogP contribution in [-0.2, 0) is 16.1 Å². The number of hydrogen-bond donors (Lipinski definition) is 1. The molecule has 0 bridgehead atoms. The van der Waals surface area contributed by atoms with Gasteiger partial charge in [-0.1, -0.05) is 65.8 Å². The zero-order valence-corrected chi connectivity index (χ0v) is 17.6. The van der Waals surface area contributed by atoms with Crippen LogP contribution in [0.4, 0.5) is 5.95 Å². The van der Waals surface area contributed by atoms with Gasteiger partial charge < -0.3 is 14.8 Å². The Kier molecular flexibility index (Phi) is 5.03. The summed E-state index contributed by atoms with van der Waals surface area (Å²) in [5, 5.41) is 17.1. The molecule has 1 aliphatic heterocycles. The molecule has 1 unspecified atom stereocenters. The van der Waals surface area contributed by atoms with Crippen molar-refractivity contribution < 1.29 is 14.3 Å². The van der Waals surface area contributed by atoms with Crippen LogP contribution in [-0.4, -0.2) is 33.3 Å². The van der Waals surface area contributed by atoms with Gasteiger partial charge in [-0.3, -0.25) is 0 Å². The second-order valence-corrected chi connectivity index (χ2v) is 7.48. The maximum Gasteiger partial charge on any atom is 0.338 e. The van der Waals surface area contributed by atoms with Gasteiger partial charge >= 0.3 is 5.97 Å². The number of benzene rings is 3. The van der Waals surface area contributed by atoms with Crippen molar-refractivity contribution in [1.82, 2.24) is 20.2 Å². The number of nitrogens with one attached hydrogen (secondary N) is 1. The molecule has 160 valence electrons. The van der Waals surface area contributed by atoms with E-state index in [1.54, 1.807) is 11.8 Å². The average Bonchev–Trinajstić information content (AvgIpc) is 3.29. The molecule has 1 N–H and O–H groups in total. The number of tetrazole rings is 1. The number of carbonyl (C=O) groups excluding carboxylic acids is 1. The van der Waals surface area contributed by atoms with Crippen LogP contribution in [0.5, 0.6) is 5.75 Å². The van der Waals surface area contributed by atoms with Crippen molar-refractivity contribution in [2.24, 2.45) is 0 Å². The summed E-state index contributed by atoms with van der Waals surface area (Å²) in [6, 6.07) is 20.8. The number of hydrogen-bond acceptors (Lipinski definition) is 7. The predicted molar refractivity (Wildman–Crippen MR) is 119 cm³/mol. The molecule has 0 aliphatic carbocycles. The Morgan fingerprint density at radius 3 is 2.66 bits per heavy atom. The van der Waals surface area contributed by atoms with E-state index in [1.165, 1.54) is 0 Å². The van der Waals surface area contributed by atoms with Crippen LogP contribution in [0.2, 0.25) is 0 Å². The molecule has 1 aromatic heterocycles. The van der Waals surface area contributed by atoms with Crippen LogP contribution in [0.3, 0.4) is 0 Å². The number of anilines is 1. The van der Waals surface area contributed by atoms with Gasteiger partial charge in [-0.25, -0.2) is 4.79 Å². The summed E-state index contributed by atoms with van der Waals surface area (Å²) in [5.41, 5.74) is 2.76. The number of fused-ring (bicyclic) bond motifs is 2. The van der Waals surface area contributed by atoms with Crippen molar-refractivity contribution in [1.29, 1.82) is 0 Å². The lowest BCUT2D eigenvalue weighted by molar-refractivity contribution is -0.140. The van der Waals surface area contributed by atoms with Crippen molar-refractivity contribution in [3.8, 4) is 5.75 Å². The van der Waals surface area contributed by atoms with E-state index >= 15 is 0 Å². The third-order valence-electron chi connectivity index (χ3n) is 5.57. The first-order valence-electron chi connectivity index (χ1n) is 10.2. The Bertz CT molecular complexity index is 1330. The van der Waals surface area contributed by atoms with Crippen molar-refractivity contribution in [3.05, 3.63) is 89.1 Å².